The first kappa shape index (κ1) is 18.1. The molecule has 5 nitrogen and oxygen atoms in total. The molecule has 0 aliphatic carbocycles. The number of aryl methyl sites for hydroxylation is 1. The van der Waals surface area contributed by atoms with Crippen molar-refractivity contribution in [2.75, 3.05) is 37.6 Å². The molecule has 0 radical (unpaired) electrons. The van der Waals surface area contributed by atoms with E-state index in [-0.39, 0.29) is 5.82 Å². The van der Waals surface area contributed by atoms with Gasteiger partial charge in [-0.15, -0.1) is 11.3 Å². The first-order valence-electron chi connectivity index (χ1n) is 9.37. The summed E-state index contributed by atoms with van der Waals surface area (Å²) in [7, 11) is 0. The van der Waals surface area contributed by atoms with Gasteiger partial charge in [0.15, 0.2) is 0 Å². The van der Waals surface area contributed by atoms with Gasteiger partial charge in [-0.25, -0.2) is 4.39 Å². The molecular formula is C20H23FN4OS. The molecule has 1 saturated heterocycles. The van der Waals surface area contributed by atoms with E-state index in [9.17, 15) is 4.39 Å². The second-order valence-corrected chi connectivity index (χ2v) is 7.70. The molecule has 142 valence electrons. The second kappa shape index (κ2) is 8.63. The first-order valence-corrected chi connectivity index (χ1v) is 10.3. The van der Waals surface area contributed by atoms with Crippen LogP contribution in [0.4, 0.5) is 10.1 Å². The van der Waals surface area contributed by atoms with Crippen molar-refractivity contribution >= 4 is 17.0 Å². The fraction of sp³-hybridized carbons (Fsp3) is 0.400. The number of nitrogens with zero attached hydrogens (tertiary/aromatic N) is 4. The van der Waals surface area contributed by atoms with Crippen LogP contribution in [-0.4, -0.2) is 47.8 Å². The van der Waals surface area contributed by atoms with E-state index in [0.717, 1.165) is 62.6 Å². The van der Waals surface area contributed by atoms with Gasteiger partial charge in [-0.1, -0.05) is 11.2 Å². The van der Waals surface area contributed by atoms with Crippen molar-refractivity contribution in [1.82, 2.24) is 15.0 Å². The lowest BCUT2D eigenvalue weighted by Crippen LogP contribution is -2.31. The molecule has 0 amide bonds. The smallest absolute Gasteiger partial charge is 0.227 e. The Morgan fingerprint density at radius 3 is 2.78 bits per heavy atom. The Labute approximate surface area is 162 Å². The minimum atomic E-state index is -0.182. The van der Waals surface area contributed by atoms with Gasteiger partial charge in [0.25, 0.3) is 0 Å². The summed E-state index contributed by atoms with van der Waals surface area (Å²) in [6.45, 7) is 5.10. The zero-order chi connectivity index (χ0) is 18.5. The second-order valence-electron chi connectivity index (χ2n) is 6.75. The summed E-state index contributed by atoms with van der Waals surface area (Å²) in [5.41, 5.74) is 1.10. The van der Waals surface area contributed by atoms with Crippen LogP contribution in [0.2, 0.25) is 0 Å². The van der Waals surface area contributed by atoms with Crippen molar-refractivity contribution in [1.29, 1.82) is 0 Å². The molecule has 1 aliphatic rings. The lowest BCUT2D eigenvalue weighted by atomic mass is 10.2. The van der Waals surface area contributed by atoms with Gasteiger partial charge >= 0.3 is 0 Å². The van der Waals surface area contributed by atoms with Crippen LogP contribution in [0, 0.1) is 5.82 Å². The summed E-state index contributed by atoms with van der Waals surface area (Å²) in [6.07, 6.45) is 2.92. The molecule has 4 rings (SSSR count). The Morgan fingerprint density at radius 2 is 1.96 bits per heavy atom. The van der Waals surface area contributed by atoms with Crippen molar-refractivity contribution < 1.29 is 8.91 Å². The van der Waals surface area contributed by atoms with E-state index in [1.807, 2.05) is 29.6 Å². The molecule has 0 bridgehead atoms. The summed E-state index contributed by atoms with van der Waals surface area (Å²) in [6, 6.07) is 10.8. The Morgan fingerprint density at radius 1 is 1.07 bits per heavy atom. The van der Waals surface area contributed by atoms with Crippen molar-refractivity contribution in [3.05, 3.63) is 53.5 Å². The molecule has 0 N–H and O–H groups in total. The maximum Gasteiger partial charge on any atom is 0.227 e. The minimum Gasteiger partial charge on any atom is -0.370 e. The molecule has 0 unspecified atom stereocenters. The third-order valence-electron chi connectivity index (χ3n) is 4.85. The van der Waals surface area contributed by atoms with Crippen LogP contribution in [-0.2, 0) is 6.42 Å². The van der Waals surface area contributed by atoms with Crippen LogP contribution < -0.4 is 4.90 Å². The number of aromatic nitrogens is 2. The van der Waals surface area contributed by atoms with Gasteiger partial charge in [0, 0.05) is 31.7 Å². The summed E-state index contributed by atoms with van der Waals surface area (Å²) in [5, 5.41) is 6.08. The number of anilines is 1. The third kappa shape index (κ3) is 4.73. The van der Waals surface area contributed by atoms with Gasteiger partial charge in [-0.2, -0.15) is 4.98 Å². The molecule has 3 heterocycles. The number of halogens is 1. The number of thiophene rings is 1. The zero-order valence-corrected chi connectivity index (χ0v) is 16.0. The fourth-order valence-corrected chi connectivity index (χ4v) is 4.07. The van der Waals surface area contributed by atoms with Crippen molar-refractivity contribution in [2.45, 2.75) is 19.3 Å². The van der Waals surface area contributed by atoms with Crippen molar-refractivity contribution in [3.63, 3.8) is 0 Å². The van der Waals surface area contributed by atoms with Crippen LogP contribution in [0.1, 0.15) is 18.7 Å². The molecule has 0 saturated carbocycles. The minimum absolute atomic E-state index is 0.182. The van der Waals surface area contributed by atoms with E-state index in [0.29, 0.717) is 11.7 Å². The molecule has 0 atom stereocenters. The topological polar surface area (TPSA) is 45.4 Å². The highest BCUT2D eigenvalue weighted by atomic mass is 32.1. The lowest BCUT2D eigenvalue weighted by molar-refractivity contribution is 0.282. The van der Waals surface area contributed by atoms with Crippen LogP contribution in [0.15, 0.2) is 46.3 Å². The lowest BCUT2D eigenvalue weighted by Gasteiger charge is -2.23. The van der Waals surface area contributed by atoms with E-state index in [4.69, 9.17) is 4.52 Å². The first-order chi connectivity index (χ1) is 13.3. The Balaban J connectivity index is 1.24. The van der Waals surface area contributed by atoms with E-state index < -0.39 is 0 Å². The average Bonchev–Trinajstić information content (AvgIpc) is 3.31. The zero-order valence-electron chi connectivity index (χ0n) is 15.2. The average molecular weight is 386 g/mol. The van der Waals surface area contributed by atoms with Crippen molar-refractivity contribution in [2.24, 2.45) is 0 Å². The van der Waals surface area contributed by atoms with Crippen LogP contribution in [0.5, 0.6) is 0 Å². The van der Waals surface area contributed by atoms with Gasteiger partial charge in [0.1, 0.15) is 5.82 Å². The number of hydrogen-bond donors (Lipinski definition) is 0. The molecule has 0 spiro atoms. The van der Waals surface area contributed by atoms with Crippen molar-refractivity contribution in [3.8, 4) is 10.7 Å². The molecule has 3 aromatic rings. The Kier molecular flexibility index (Phi) is 5.79. The van der Waals surface area contributed by atoms with Gasteiger partial charge in [-0.3, -0.25) is 0 Å². The maximum atomic E-state index is 13.1. The molecule has 7 heteroatoms. The third-order valence-corrected chi connectivity index (χ3v) is 5.72. The van der Waals surface area contributed by atoms with Gasteiger partial charge < -0.3 is 14.3 Å². The molecule has 27 heavy (non-hydrogen) atoms. The van der Waals surface area contributed by atoms with E-state index in [1.54, 1.807) is 11.3 Å². The monoisotopic (exact) mass is 386 g/mol. The van der Waals surface area contributed by atoms with Crippen LogP contribution in [0.3, 0.4) is 0 Å². The Bertz CT molecular complexity index is 834. The normalized spacial score (nSPS) is 15.8. The van der Waals surface area contributed by atoms with E-state index >= 15 is 0 Å². The standard InChI is InChI=1S/C20H23FN4OS/c21-16-6-8-17(9-7-16)25-12-3-11-24(13-14-25)10-1-5-19-22-20(23-26-19)18-4-2-15-27-18/h2,4,6-9,15H,1,3,5,10-14H2. The molecule has 1 aliphatic heterocycles. The van der Waals surface area contributed by atoms with E-state index in [1.165, 1.54) is 12.1 Å². The maximum absolute atomic E-state index is 13.1. The largest absolute Gasteiger partial charge is 0.370 e. The van der Waals surface area contributed by atoms with Crippen LogP contribution in [0.25, 0.3) is 10.7 Å². The molecule has 2 aromatic heterocycles. The molecule has 1 aromatic carbocycles. The summed E-state index contributed by atoms with van der Waals surface area (Å²) in [4.78, 5) is 10.4. The highest BCUT2D eigenvalue weighted by Gasteiger charge is 2.16. The number of benzene rings is 1. The quantitative estimate of drug-likeness (QED) is 0.639. The fourth-order valence-electron chi connectivity index (χ4n) is 3.42. The van der Waals surface area contributed by atoms with Gasteiger partial charge in [0.2, 0.25) is 11.7 Å². The highest BCUT2D eigenvalue weighted by Crippen LogP contribution is 2.22. The Hall–Kier alpha value is -2.25. The van der Waals surface area contributed by atoms with Gasteiger partial charge in [-0.05, 0) is 61.6 Å². The van der Waals surface area contributed by atoms with Gasteiger partial charge in [0.05, 0.1) is 4.88 Å². The highest BCUT2D eigenvalue weighted by molar-refractivity contribution is 7.13. The predicted molar refractivity (Wildman–Crippen MR) is 106 cm³/mol. The summed E-state index contributed by atoms with van der Waals surface area (Å²) in [5.74, 6) is 1.21. The molecular weight excluding hydrogens is 363 g/mol. The van der Waals surface area contributed by atoms with E-state index in [2.05, 4.69) is 19.9 Å². The summed E-state index contributed by atoms with van der Waals surface area (Å²) < 4.78 is 18.5. The number of rotatable bonds is 6. The SMILES string of the molecule is Fc1ccc(N2CCCN(CCCc3nc(-c4cccs4)no3)CC2)cc1. The summed E-state index contributed by atoms with van der Waals surface area (Å²) >= 11 is 1.62. The van der Waals surface area contributed by atoms with Crippen LogP contribution >= 0.6 is 11.3 Å². The number of hydrogen-bond acceptors (Lipinski definition) is 6. The predicted octanol–water partition coefficient (Wildman–Crippen LogP) is 4.08. The molecule has 1 fully saturated rings.